The van der Waals surface area contributed by atoms with Crippen LogP contribution in [0.25, 0.3) is 16.6 Å². The smallest absolute Gasteiger partial charge is 0.353 e. The fourth-order valence-corrected chi connectivity index (χ4v) is 6.11. The summed E-state index contributed by atoms with van der Waals surface area (Å²) in [4.78, 5) is 17.9. The lowest BCUT2D eigenvalue weighted by atomic mass is 9.63. The Balaban J connectivity index is 1.42. The van der Waals surface area contributed by atoms with Crippen LogP contribution in [0.2, 0.25) is 0 Å². The molecular formula is C28H29F5N6O. The molecule has 212 valence electrons. The number of nitrogens with one attached hydrogen (secondary N) is 1. The van der Waals surface area contributed by atoms with E-state index >= 15 is 0 Å². The molecule has 0 spiro atoms. The first-order valence-corrected chi connectivity index (χ1v) is 13.3. The second kappa shape index (κ2) is 9.25. The van der Waals surface area contributed by atoms with Gasteiger partial charge in [-0.1, -0.05) is 25.5 Å². The molecule has 3 aromatic heterocycles. The van der Waals surface area contributed by atoms with Gasteiger partial charge in [-0.25, -0.2) is 8.78 Å². The number of halogens is 5. The summed E-state index contributed by atoms with van der Waals surface area (Å²) in [5, 5.41) is 8.03. The van der Waals surface area contributed by atoms with E-state index in [0.717, 1.165) is 41.4 Å². The highest BCUT2D eigenvalue weighted by atomic mass is 19.4. The molecular weight excluding hydrogens is 531 g/mol. The van der Waals surface area contributed by atoms with Crippen molar-refractivity contribution in [2.45, 2.75) is 56.7 Å². The number of fused-ring (bicyclic) bond motifs is 1. The van der Waals surface area contributed by atoms with Gasteiger partial charge < -0.3 is 9.55 Å². The average Bonchev–Trinajstić information content (AvgIpc) is 3.47. The van der Waals surface area contributed by atoms with Crippen molar-refractivity contribution < 1.29 is 22.0 Å². The van der Waals surface area contributed by atoms with E-state index < -0.39 is 41.1 Å². The van der Waals surface area contributed by atoms with Crippen molar-refractivity contribution >= 4 is 10.9 Å². The van der Waals surface area contributed by atoms with Gasteiger partial charge in [0.05, 0.1) is 17.5 Å². The Bertz CT molecular complexity index is 1630. The summed E-state index contributed by atoms with van der Waals surface area (Å²) in [6.07, 6.45) is 0.550. The van der Waals surface area contributed by atoms with Crippen LogP contribution in [0.1, 0.15) is 55.3 Å². The van der Waals surface area contributed by atoms with Gasteiger partial charge in [-0.2, -0.15) is 13.2 Å². The summed E-state index contributed by atoms with van der Waals surface area (Å²) in [5.74, 6) is -2.89. The largest absolute Gasteiger partial charge is 0.418 e. The Hall–Kier alpha value is -3.54. The number of aromatic nitrogens is 5. The Morgan fingerprint density at radius 3 is 2.58 bits per heavy atom. The first-order chi connectivity index (χ1) is 18.9. The van der Waals surface area contributed by atoms with Gasteiger partial charge in [0.2, 0.25) is 0 Å². The molecule has 7 nitrogen and oxygen atoms in total. The van der Waals surface area contributed by atoms with Crippen LogP contribution < -0.4 is 5.56 Å². The molecule has 1 N–H and O–H groups in total. The van der Waals surface area contributed by atoms with Crippen LogP contribution in [0, 0.1) is 5.92 Å². The summed E-state index contributed by atoms with van der Waals surface area (Å²) in [7, 11) is 1.85. The zero-order valence-electron chi connectivity index (χ0n) is 22.1. The molecule has 4 heterocycles. The van der Waals surface area contributed by atoms with E-state index in [1.54, 1.807) is 24.5 Å². The van der Waals surface area contributed by atoms with Crippen molar-refractivity contribution in [2.24, 2.45) is 13.0 Å². The molecule has 2 fully saturated rings. The van der Waals surface area contributed by atoms with Crippen LogP contribution in [0.15, 0.2) is 47.7 Å². The summed E-state index contributed by atoms with van der Waals surface area (Å²) in [5.41, 5.74) is -0.839. The maximum Gasteiger partial charge on any atom is 0.418 e. The molecule has 0 amide bonds. The van der Waals surface area contributed by atoms with E-state index in [1.165, 1.54) is 17.9 Å². The number of H-pyrrole nitrogens is 1. The molecule has 1 aliphatic heterocycles. The molecule has 2 aliphatic rings. The zero-order valence-corrected chi connectivity index (χ0v) is 22.1. The maximum absolute atomic E-state index is 14.3. The van der Waals surface area contributed by atoms with Crippen molar-refractivity contribution in [1.29, 1.82) is 0 Å². The number of hydrogen-bond acceptors (Lipinski definition) is 4. The van der Waals surface area contributed by atoms with Crippen molar-refractivity contribution in [3.8, 4) is 5.69 Å². The minimum Gasteiger partial charge on any atom is -0.353 e. The quantitative estimate of drug-likeness (QED) is 0.331. The summed E-state index contributed by atoms with van der Waals surface area (Å²) >= 11 is 0. The van der Waals surface area contributed by atoms with Crippen molar-refractivity contribution in [3.63, 3.8) is 0 Å². The molecule has 1 atom stereocenters. The lowest BCUT2D eigenvalue weighted by Crippen LogP contribution is -2.47. The lowest BCUT2D eigenvalue weighted by molar-refractivity contribution is -0.136. The van der Waals surface area contributed by atoms with Crippen molar-refractivity contribution in [1.82, 2.24) is 29.2 Å². The minimum absolute atomic E-state index is 0.0105. The highest BCUT2D eigenvalue weighted by Crippen LogP contribution is 2.48. The van der Waals surface area contributed by atoms with E-state index in [-0.39, 0.29) is 29.6 Å². The third kappa shape index (κ3) is 4.32. The topological polar surface area (TPSA) is 71.7 Å². The number of benzene rings is 1. The summed E-state index contributed by atoms with van der Waals surface area (Å²) in [6, 6.07) is 8.22. The van der Waals surface area contributed by atoms with Crippen LogP contribution in [-0.4, -0.2) is 48.2 Å². The van der Waals surface area contributed by atoms with E-state index in [9.17, 15) is 26.7 Å². The zero-order chi connectivity index (χ0) is 28.4. The second-order valence-corrected chi connectivity index (χ2v) is 11.2. The first kappa shape index (κ1) is 26.7. The fraction of sp³-hybridized carbons (Fsp3) is 0.464. The van der Waals surface area contributed by atoms with E-state index in [1.807, 2.05) is 17.7 Å². The molecule has 0 bridgehead atoms. The van der Waals surface area contributed by atoms with Crippen LogP contribution in [0.3, 0.4) is 0 Å². The number of aromatic amines is 1. The highest BCUT2D eigenvalue weighted by Gasteiger charge is 2.44. The molecule has 40 heavy (non-hydrogen) atoms. The molecule has 1 saturated carbocycles. The number of rotatable bonds is 5. The molecule has 4 aromatic rings. The number of nitrogens with zero attached hydrogens (tertiary/aromatic N) is 5. The number of hydrogen-bond donors (Lipinski definition) is 1. The van der Waals surface area contributed by atoms with E-state index in [4.69, 9.17) is 0 Å². The second-order valence-electron chi connectivity index (χ2n) is 11.2. The van der Waals surface area contributed by atoms with Crippen LogP contribution >= 0.6 is 0 Å². The van der Waals surface area contributed by atoms with Gasteiger partial charge in [-0.3, -0.25) is 14.3 Å². The number of alkyl halides is 5. The van der Waals surface area contributed by atoms with E-state index in [2.05, 4.69) is 15.2 Å². The van der Waals surface area contributed by atoms with Crippen molar-refractivity contribution in [3.05, 3.63) is 75.9 Å². The molecule has 0 unspecified atom stereocenters. The Morgan fingerprint density at radius 1 is 1.18 bits per heavy atom. The van der Waals surface area contributed by atoms with Gasteiger partial charge in [0.1, 0.15) is 17.7 Å². The maximum atomic E-state index is 14.3. The third-order valence-electron chi connectivity index (χ3n) is 8.61. The van der Waals surface area contributed by atoms with Crippen LogP contribution in [0.5, 0.6) is 0 Å². The predicted molar refractivity (Wildman–Crippen MR) is 139 cm³/mol. The molecule has 1 saturated heterocycles. The summed E-state index contributed by atoms with van der Waals surface area (Å²) in [6.45, 7) is 1.39. The van der Waals surface area contributed by atoms with Gasteiger partial charge in [-0.05, 0) is 49.6 Å². The van der Waals surface area contributed by atoms with Crippen LogP contribution in [0.4, 0.5) is 22.0 Å². The van der Waals surface area contributed by atoms with Crippen molar-refractivity contribution in [2.75, 3.05) is 13.1 Å². The molecule has 12 heteroatoms. The van der Waals surface area contributed by atoms with Gasteiger partial charge in [0, 0.05) is 42.5 Å². The van der Waals surface area contributed by atoms with Gasteiger partial charge in [-0.15, -0.1) is 10.2 Å². The first-order valence-electron chi connectivity index (χ1n) is 13.3. The molecule has 1 aliphatic carbocycles. The highest BCUT2D eigenvalue weighted by molar-refractivity contribution is 5.84. The number of likely N-dealkylation sites (tertiary alicyclic amines) is 1. The SMILES string of the molecule is C[C@@H]1CCN(Cc2cc3c(C(F)(F)F)cn(-c4cccc(C5(c6nncn6C)CCC5)c4)c(=O)c3[nH]2)CC1(F)F. The number of piperidine rings is 1. The normalized spacial score (nSPS) is 21.0. The molecule has 6 rings (SSSR count). The lowest BCUT2D eigenvalue weighted by Gasteiger charge is -2.41. The molecule has 1 aromatic carbocycles. The third-order valence-corrected chi connectivity index (χ3v) is 8.61. The Morgan fingerprint density at radius 2 is 1.95 bits per heavy atom. The Labute approximate surface area is 226 Å². The van der Waals surface area contributed by atoms with Gasteiger partial charge >= 0.3 is 6.18 Å². The van der Waals surface area contributed by atoms with Crippen LogP contribution in [-0.2, 0) is 25.2 Å². The summed E-state index contributed by atoms with van der Waals surface area (Å²) < 4.78 is 74.2. The van der Waals surface area contributed by atoms with E-state index in [0.29, 0.717) is 12.2 Å². The molecule has 0 radical (unpaired) electrons. The Kier molecular flexibility index (Phi) is 6.17. The van der Waals surface area contributed by atoms with Gasteiger partial charge in [0.15, 0.2) is 0 Å². The monoisotopic (exact) mass is 560 g/mol. The predicted octanol–water partition coefficient (Wildman–Crippen LogP) is 5.41. The fourth-order valence-electron chi connectivity index (χ4n) is 6.11. The average molecular weight is 561 g/mol. The van der Waals surface area contributed by atoms with Gasteiger partial charge in [0.25, 0.3) is 11.5 Å². The number of aryl methyl sites for hydroxylation is 1. The minimum atomic E-state index is -4.74. The standard InChI is InChI=1S/C28H29F5N6O/c1-17-7-10-38(15-27(17,29)30)13-19-12-21-22(28(31,32)33)14-39(24(40)23(21)35-19)20-6-3-5-18(11-20)26(8-4-9-26)25-36-34-16-37(25)2/h3,5-6,11-12,14,16-17,35H,4,7-10,13,15H2,1-2H3/t17-/m1/s1. The number of pyridine rings is 1.